The van der Waals surface area contributed by atoms with E-state index < -0.39 is 56.4 Å². The highest BCUT2D eigenvalue weighted by Crippen LogP contribution is 2.35. The predicted octanol–water partition coefficient (Wildman–Crippen LogP) is -4.05. The van der Waals surface area contributed by atoms with Crippen molar-refractivity contribution >= 4 is 11.9 Å². The second-order valence-electron chi connectivity index (χ2n) is 4.11. The lowest BCUT2D eigenvalue weighted by atomic mass is 10.1. The third-order valence-corrected chi connectivity index (χ3v) is 2.50. The Morgan fingerprint density at radius 1 is 0.714 bits per heavy atom. The topological polar surface area (TPSA) is 303 Å². The second kappa shape index (κ2) is 7.50. The van der Waals surface area contributed by atoms with Gasteiger partial charge < -0.3 is 19.7 Å². The Balaban J connectivity index is 3.43. The smallest absolute Gasteiger partial charge is 0.405 e. The quantitative estimate of drug-likeness (QED) is 0.147. The van der Waals surface area contributed by atoms with Crippen LogP contribution in [0.4, 0.5) is 0 Å². The highest BCUT2D eigenvalue weighted by Gasteiger charge is 2.71. The van der Waals surface area contributed by atoms with E-state index in [0.29, 0.717) is 0 Å². The monoisotopic (exact) mass is 420 g/mol. The Morgan fingerprint density at radius 3 is 1.21 bits per heavy atom. The molecule has 4 unspecified atom stereocenters. The van der Waals surface area contributed by atoms with Crippen LogP contribution in [0.5, 0.6) is 0 Å². The van der Waals surface area contributed by atoms with Crippen molar-refractivity contribution in [1.82, 2.24) is 0 Å². The summed E-state index contributed by atoms with van der Waals surface area (Å²) in [7, 11) is 0. The van der Waals surface area contributed by atoms with Gasteiger partial charge in [-0.3, -0.25) is 9.68 Å². The van der Waals surface area contributed by atoms with Crippen molar-refractivity contribution < 1.29 is 69.0 Å². The normalized spacial score (nSPS) is 25.9. The lowest BCUT2D eigenvalue weighted by molar-refractivity contribution is -0.837. The van der Waals surface area contributed by atoms with Crippen LogP contribution in [0.3, 0.4) is 0 Å². The number of esters is 2. The molecule has 156 valence electrons. The second-order valence-corrected chi connectivity index (χ2v) is 4.11. The summed E-state index contributed by atoms with van der Waals surface area (Å²) in [5.74, 6) is -13.4. The molecule has 0 bridgehead atoms. The first-order valence-corrected chi connectivity index (χ1v) is 5.89. The summed E-state index contributed by atoms with van der Waals surface area (Å²) < 4.78 is 7.86. The molecule has 0 aromatic rings. The van der Waals surface area contributed by atoms with Crippen molar-refractivity contribution in [2.75, 3.05) is 0 Å². The highest BCUT2D eigenvalue weighted by atomic mass is 17.1. The van der Waals surface area contributed by atoms with Crippen LogP contribution in [0.2, 0.25) is 0 Å². The maximum atomic E-state index is 12.0. The van der Waals surface area contributed by atoms with Gasteiger partial charge in [0.25, 0.3) is 32.9 Å². The molecule has 28 heavy (non-hydrogen) atoms. The van der Waals surface area contributed by atoms with Gasteiger partial charge in [-0.05, 0) is 0 Å². The number of hydrogen-bond donors (Lipinski definition) is 2. The maximum Gasteiger partial charge on any atom is 0.405 e. The predicted molar refractivity (Wildman–Crippen MR) is 62.0 cm³/mol. The van der Waals surface area contributed by atoms with Crippen molar-refractivity contribution in [1.29, 1.82) is 0 Å². The van der Waals surface area contributed by atoms with Crippen LogP contribution in [-0.4, -0.2) is 66.7 Å². The van der Waals surface area contributed by atoms with Gasteiger partial charge in [-0.2, -0.15) is 0 Å². The molecule has 0 aromatic heterocycles. The van der Waals surface area contributed by atoms with Gasteiger partial charge in [0.15, 0.2) is 0 Å². The number of nitrogens with zero attached hydrogens (tertiary/aromatic N) is 4. The fraction of sp³-hybridized carbons (Fsp3) is 0.667. The zero-order valence-corrected chi connectivity index (χ0v) is 12.4. The molecular weight excluding hydrogens is 416 g/mol. The molecule has 0 saturated carbocycles. The van der Waals surface area contributed by atoms with Gasteiger partial charge in [0.2, 0.25) is 0 Å². The lowest BCUT2D eigenvalue weighted by Crippen LogP contribution is -2.71. The zero-order chi connectivity index (χ0) is 21.9. The molecule has 0 spiro atoms. The van der Waals surface area contributed by atoms with Gasteiger partial charge in [0.05, 0.1) is 0 Å². The summed E-state index contributed by atoms with van der Waals surface area (Å²) >= 11 is 0. The number of aliphatic hydroxyl groups excluding tert-OH is 2. The van der Waals surface area contributed by atoms with Gasteiger partial charge in [-0.25, -0.2) is 19.3 Å². The Kier molecular flexibility index (Phi) is 5.81. The van der Waals surface area contributed by atoms with E-state index in [1.807, 2.05) is 0 Å². The molecule has 1 saturated heterocycles. The van der Waals surface area contributed by atoms with Gasteiger partial charge in [-0.1, -0.05) is 0 Å². The van der Waals surface area contributed by atoms with E-state index in [0.717, 1.165) is 0 Å². The zero-order valence-electron chi connectivity index (χ0n) is 12.4. The minimum Gasteiger partial charge on any atom is -0.414 e. The summed E-state index contributed by atoms with van der Waals surface area (Å²) in [6.07, 6.45) is -6.85. The molecule has 2 N–H and O–H groups in total. The van der Waals surface area contributed by atoms with Crippen molar-refractivity contribution in [2.45, 2.75) is 24.2 Å². The van der Waals surface area contributed by atoms with E-state index in [9.17, 15) is 60.3 Å². The largest absolute Gasteiger partial charge is 0.414 e. The fourth-order valence-corrected chi connectivity index (χ4v) is 1.53. The molecule has 4 atom stereocenters. The standard InChI is InChI=1S/C6H4N4O18/c11-1-5(27-9(19)20,3(13)25-7(15)16)24-2(12)6(23-1,28-10(21)22)4(14)26-8(17)18/h3-4,13-14H. The van der Waals surface area contributed by atoms with Crippen molar-refractivity contribution in [3.05, 3.63) is 40.5 Å². The Bertz CT molecular complexity index is 661. The average Bonchev–Trinajstić information content (AvgIpc) is 2.49. The average molecular weight is 420 g/mol. The Morgan fingerprint density at radius 2 is 1.00 bits per heavy atom. The van der Waals surface area contributed by atoms with Crippen LogP contribution in [0.15, 0.2) is 0 Å². The van der Waals surface area contributed by atoms with Gasteiger partial charge in [0.1, 0.15) is 0 Å². The number of carbonyl (C=O) groups excluding carboxylic acids is 2. The van der Waals surface area contributed by atoms with Crippen LogP contribution in [0, 0.1) is 40.5 Å². The fourth-order valence-electron chi connectivity index (χ4n) is 1.53. The third-order valence-electron chi connectivity index (χ3n) is 2.50. The minimum atomic E-state index is -4.12. The lowest BCUT2D eigenvalue weighted by Gasteiger charge is -2.41. The maximum absolute atomic E-state index is 12.0. The number of carbonyl (C=O) groups is 2. The summed E-state index contributed by atoms with van der Waals surface area (Å²) in [6, 6.07) is 0. The van der Waals surface area contributed by atoms with E-state index in [2.05, 4.69) is 28.8 Å². The Hall–Kier alpha value is -4.34. The molecule has 22 heteroatoms. The molecule has 22 nitrogen and oxygen atoms in total. The molecule has 1 aliphatic rings. The van der Waals surface area contributed by atoms with E-state index >= 15 is 0 Å². The molecule has 0 radical (unpaired) electrons. The first-order valence-electron chi connectivity index (χ1n) is 5.89. The number of cyclic esters (lactones) is 2. The molecule has 0 amide bonds. The van der Waals surface area contributed by atoms with Crippen molar-refractivity contribution in [3.63, 3.8) is 0 Å². The molecule has 1 fully saturated rings. The van der Waals surface area contributed by atoms with Crippen molar-refractivity contribution in [2.24, 2.45) is 0 Å². The van der Waals surface area contributed by atoms with Crippen LogP contribution in [-0.2, 0) is 38.4 Å². The number of aliphatic hydroxyl groups is 2. The SMILES string of the molecule is O=C1OC(O[N+](=O)[O-])(C(O)O[N+](=O)[O-])C(=O)OC1(O[N+](=O)[O-])C(O)O[N+](=O)[O-]. The third kappa shape index (κ3) is 4.07. The summed E-state index contributed by atoms with van der Waals surface area (Å²) in [6.45, 7) is 0. The van der Waals surface area contributed by atoms with Crippen LogP contribution >= 0.6 is 0 Å². The summed E-state index contributed by atoms with van der Waals surface area (Å²) in [4.78, 5) is 79.2. The molecule has 0 aliphatic carbocycles. The molecular formula is C6H4N4O18. The number of rotatable bonds is 10. The first-order chi connectivity index (χ1) is 12.8. The van der Waals surface area contributed by atoms with E-state index in [1.165, 1.54) is 0 Å². The van der Waals surface area contributed by atoms with Crippen LogP contribution in [0.1, 0.15) is 0 Å². The molecule has 0 aromatic carbocycles. The number of hydrogen-bond acceptors (Lipinski definition) is 18. The summed E-state index contributed by atoms with van der Waals surface area (Å²) in [5.41, 5.74) is 0. The van der Waals surface area contributed by atoms with E-state index in [-0.39, 0.29) is 0 Å². The molecule has 1 heterocycles. The first kappa shape index (κ1) is 21.7. The van der Waals surface area contributed by atoms with Crippen LogP contribution < -0.4 is 0 Å². The molecule has 1 rings (SSSR count). The highest BCUT2D eigenvalue weighted by molar-refractivity contribution is 5.91. The van der Waals surface area contributed by atoms with Gasteiger partial charge in [-0.15, -0.1) is 40.5 Å². The van der Waals surface area contributed by atoms with Gasteiger partial charge >= 0.3 is 23.5 Å². The van der Waals surface area contributed by atoms with E-state index in [4.69, 9.17) is 0 Å². The van der Waals surface area contributed by atoms with Crippen LogP contribution in [0.25, 0.3) is 0 Å². The van der Waals surface area contributed by atoms with E-state index in [1.54, 1.807) is 0 Å². The summed E-state index contributed by atoms with van der Waals surface area (Å²) in [5, 5.41) is 52.7. The number of ether oxygens (including phenoxy) is 2. The minimum absolute atomic E-state index is 1.84. The van der Waals surface area contributed by atoms with Crippen molar-refractivity contribution in [3.8, 4) is 0 Å². The Labute approximate surface area is 147 Å². The van der Waals surface area contributed by atoms with Gasteiger partial charge in [0, 0.05) is 0 Å². The molecule has 1 aliphatic heterocycles.